The number of hydrogen-bond donors (Lipinski definition) is 1. The molecule has 4 heteroatoms. The van der Waals surface area contributed by atoms with E-state index in [0.717, 1.165) is 31.2 Å². The molecule has 0 bridgehead atoms. The Morgan fingerprint density at radius 1 is 1.42 bits per heavy atom. The molecule has 19 heavy (non-hydrogen) atoms. The van der Waals surface area contributed by atoms with Crippen molar-refractivity contribution in [3.63, 3.8) is 0 Å². The zero-order valence-electron chi connectivity index (χ0n) is 11.8. The SMILES string of the molecule is CN=C(NC)N1CC=C(c2cccc(OC)c2)CC1. The van der Waals surface area contributed by atoms with Crippen LogP contribution in [0.1, 0.15) is 12.0 Å². The third-order valence-corrected chi connectivity index (χ3v) is 3.38. The molecule has 0 aromatic heterocycles. The van der Waals surface area contributed by atoms with Gasteiger partial charge in [-0.1, -0.05) is 18.2 Å². The average Bonchev–Trinajstić information content (AvgIpc) is 2.49. The minimum absolute atomic E-state index is 0.889. The van der Waals surface area contributed by atoms with Crippen LogP contribution in [-0.2, 0) is 0 Å². The van der Waals surface area contributed by atoms with E-state index in [1.807, 2.05) is 26.2 Å². The van der Waals surface area contributed by atoms with Gasteiger partial charge in [-0.05, 0) is 29.7 Å². The molecule has 0 amide bonds. The van der Waals surface area contributed by atoms with Crippen LogP contribution in [0.2, 0.25) is 0 Å². The van der Waals surface area contributed by atoms with Gasteiger partial charge in [-0.25, -0.2) is 0 Å². The molecule has 1 N–H and O–H groups in total. The summed E-state index contributed by atoms with van der Waals surface area (Å²) >= 11 is 0. The van der Waals surface area contributed by atoms with Crippen LogP contribution in [0.4, 0.5) is 0 Å². The van der Waals surface area contributed by atoms with Crippen LogP contribution in [0.3, 0.4) is 0 Å². The minimum Gasteiger partial charge on any atom is -0.497 e. The number of nitrogens with one attached hydrogen (secondary N) is 1. The number of guanidine groups is 1. The predicted molar refractivity (Wildman–Crippen MR) is 79.6 cm³/mol. The van der Waals surface area contributed by atoms with Crippen LogP contribution in [0.25, 0.3) is 5.57 Å². The summed E-state index contributed by atoms with van der Waals surface area (Å²) in [5.41, 5.74) is 2.63. The normalized spacial score (nSPS) is 16.1. The lowest BCUT2D eigenvalue weighted by Gasteiger charge is -2.29. The first-order valence-corrected chi connectivity index (χ1v) is 6.51. The van der Waals surface area contributed by atoms with Crippen molar-refractivity contribution in [1.29, 1.82) is 0 Å². The predicted octanol–water partition coefficient (Wildman–Crippen LogP) is 1.99. The van der Waals surface area contributed by atoms with Crippen LogP contribution in [0, 0.1) is 0 Å². The first-order valence-electron chi connectivity index (χ1n) is 6.51. The second-order valence-electron chi connectivity index (χ2n) is 4.45. The van der Waals surface area contributed by atoms with E-state index in [-0.39, 0.29) is 0 Å². The van der Waals surface area contributed by atoms with Gasteiger partial charge in [0.1, 0.15) is 5.75 Å². The summed E-state index contributed by atoms with van der Waals surface area (Å²) in [6, 6.07) is 8.24. The van der Waals surface area contributed by atoms with Gasteiger partial charge in [-0.3, -0.25) is 4.99 Å². The van der Waals surface area contributed by atoms with E-state index in [1.165, 1.54) is 11.1 Å². The van der Waals surface area contributed by atoms with Crippen molar-refractivity contribution in [3.8, 4) is 5.75 Å². The molecule has 0 aliphatic carbocycles. The molecule has 0 unspecified atom stereocenters. The summed E-state index contributed by atoms with van der Waals surface area (Å²) in [6.07, 6.45) is 3.29. The van der Waals surface area contributed by atoms with Crippen molar-refractivity contribution in [2.24, 2.45) is 4.99 Å². The molecule has 0 saturated heterocycles. The van der Waals surface area contributed by atoms with E-state index in [0.29, 0.717) is 0 Å². The molecule has 0 radical (unpaired) electrons. The van der Waals surface area contributed by atoms with Crippen LogP contribution in [0.5, 0.6) is 5.75 Å². The maximum Gasteiger partial charge on any atom is 0.193 e. The number of rotatable bonds is 2. The standard InChI is InChI=1S/C15H21N3O/c1-16-15(17-2)18-9-7-12(8-10-18)13-5-4-6-14(11-13)19-3/h4-7,11H,8-10H2,1-3H3,(H,16,17). The van der Waals surface area contributed by atoms with Crippen molar-refractivity contribution in [3.05, 3.63) is 35.9 Å². The summed E-state index contributed by atoms with van der Waals surface area (Å²) in [5.74, 6) is 1.85. The molecule has 102 valence electrons. The summed E-state index contributed by atoms with van der Waals surface area (Å²) in [4.78, 5) is 6.48. The molecular weight excluding hydrogens is 238 g/mol. The lowest BCUT2D eigenvalue weighted by Crippen LogP contribution is -2.41. The topological polar surface area (TPSA) is 36.9 Å². The van der Waals surface area contributed by atoms with Gasteiger partial charge < -0.3 is 15.0 Å². The van der Waals surface area contributed by atoms with Crippen LogP contribution < -0.4 is 10.1 Å². The molecule has 4 nitrogen and oxygen atoms in total. The van der Waals surface area contributed by atoms with Crippen molar-refractivity contribution in [2.75, 3.05) is 34.3 Å². The quantitative estimate of drug-likeness (QED) is 0.652. The van der Waals surface area contributed by atoms with Crippen molar-refractivity contribution in [2.45, 2.75) is 6.42 Å². The molecular formula is C15H21N3O. The third kappa shape index (κ3) is 3.08. The first kappa shape index (κ1) is 13.5. The lowest BCUT2D eigenvalue weighted by molar-refractivity contribution is 0.414. The van der Waals surface area contributed by atoms with Crippen molar-refractivity contribution < 1.29 is 4.74 Å². The molecule has 1 aliphatic rings. The second-order valence-corrected chi connectivity index (χ2v) is 4.45. The molecule has 1 aliphatic heterocycles. The van der Waals surface area contributed by atoms with Gasteiger partial charge in [-0.2, -0.15) is 0 Å². The maximum atomic E-state index is 5.27. The van der Waals surface area contributed by atoms with Gasteiger partial charge >= 0.3 is 0 Å². The van der Waals surface area contributed by atoms with E-state index in [1.54, 1.807) is 7.11 Å². The van der Waals surface area contributed by atoms with Crippen LogP contribution >= 0.6 is 0 Å². The fourth-order valence-electron chi connectivity index (χ4n) is 2.36. The third-order valence-electron chi connectivity index (χ3n) is 3.38. The van der Waals surface area contributed by atoms with E-state index in [9.17, 15) is 0 Å². The molecule has 1 aromatic carbocycles. The summed E-state index contributed by atoms with van der Waals surface area (Å²) in [7, 11) is 5.42. The molecule has 1 heterocycles. The van der Waals surface area contributed by atoms with E-state index in [4.69, 9.17) is 4.74 Å². The highest BCUT2D eigenvalue weighted by Crippen LogP contribution is 2.25. The number of nitrogens with zero attached hydrogens (tertiary/aromatic N) is 2. The fraction of sp³-hybridized carbons (Fsp3) is 0.400. The van der Waals surface area contributed by atoms with Gasteiger partial charge in [0.25, 0.3) is 0 Å². The van der Waals surface area contributed by atoms with Crippen LogP contribution in [0.15, 0.2) is 35.3 Å². The van der Waals surface area contributed by atoms with Gasteiger partial charge in [0.15, 0.2) is 5.96 Å². The van der Waals surface area contributed by atoms with E-state index >= 15 is 0 Å². The Morgan fingerprint density at radius 3 is 2.84 bits per heavy atom. The van der Waals surface area contributed by atoms with Gasteiger partial charge in [-0.15, -0.1) is 0 Å². The van der Waals surface area contributed by atoms with E-state index in [2.05, 4.69) is 33.4 Å². The zero-order valence-corrected chi connectivity index (χ0v) is 11.8. The molecule has 0 saturated carbocycles. The van der Waals surface area contributed by atoms with Gasteiger partial charge in [0.2, 0.25) is 0 Å². The average molecular weight is 259 g/mol. The Labute approximate surface area is 114 Å². The Balaban J connectivity index is 2.12. The molecule has 0 fully saturated rings. The highest BCUT2D eigenvalue weighted by atomic mass is 16.5. The number of benzene rings is 1. The maximum absolute atomic E-state index is 5.27. The van der Waals surface area contributed by atoms with Crippen molar-refractivity contribution in [1.82, 2.24) is 10.2 Å². The van der Waals surface area contributed by atoms with Gasteiger partial charge in [0, 0.05) is 27.2 Å². The summed E-state index contributed by atoms with van der Waals surface area (Å²) < 4.78 is 5.27. The van der Waals surface area contributed by atoms with Crippen LogP contribution in [-0.4, -0.2) is 45.2 Å². The Morgan fingerprint density at radius 2 is 2.26 bits per heavy atom. The monoisotopic (exact) mass is 259 g/mol. The lowest BCUT2D eigenvalue weighted by atomic mass is 9.99. The Bertz CT molecular complexity index is 494. The van der Waals surface area contributed by atoms with Crippen molar-refractivity contribution >= 4 is 11.5 Å². The number of methoxy groups -OCH3 is 1. The number of aliphatic imine (C=N–C) groups is 1. The van der Waals surface area contributed by atoms with Gasteiger partial charge in [0.05, 0.1) is 7.11 Å². The molecule has 0 atom stereocenters. The Kier molecular flexibility index (Phi) is 4.44. The molecule has 1 aromatic rings. The number of ether oxygens (including phenoxy) is 1. The molecule has 2 rings (SSSR count). The van der Waals surface area contributed by atoms with E-state index < -0.39 is 0 Å². The Hall–Kier alpha value is -1.97. The number of hydrogen-bond acceptors (Lipinski definition) is 2. The zero-order chi connectivity index (χ0) is 13.7. The smallest absolute Gasteiger partial charge is 0.193 e. The summed E-state index contributed by atoms with van der Waals surface area (Å²) in [6.45, 7) is 1.87. The first-order chi connectivity index (χ1) is 9.28. The largest absolute Gasteiger partial charge is 0.497 e. The highest BCUT2D eigenvalue weighted by Gasteiger charge is 2.15. The highest BCUT2D eigenvalue weighted by molar-refractivity contribution is 5.81. The molecule has 0 spiro atoms. The summed E-state index contributed by atoms with van der Waals surface area (Å²) in [5, 5.41) is 3.12. The minimum atomic E-state index is 0.889. The second kappa shape index (κ2) is 6.27. The fourth-order valence-corrected chi connectivity index (χ4v) is 2.36.